The summed E-state index contributed by atoms with van der Waals surface area (Å²) in [5.74, 6) is 1.57. The van der Waals surface area contributed by atoms with Crippen LogP contribution in [0.4, 0.5) is 0 Å². The molecule has 0 saturated heterocycles. The fraction of sp³-hybridized carbons (Fsp3) is 0.0769. The zero-order valence-corrected chi connectivity index (χ0v) is 39.8. The number of hydrogen-bond donors (Lipinski definition) is 0. The van der Waals surface area contributed by atoms with Crippen molar-refractivity contribution in [1.82, 2.24) is 0 Å². The first kappa shape index (κ1) is 43.1. The molecule has 0 fully saturated rings. The van der Waals surface area contributed by atoms with Gasteiger partial charge in [-0.2, -0.15) is 0 Å². The van der Waals surface area contributed by atoms with Crippen LogP contribution in [0.5, 0.6) is 5.75 Å². The molecule has 307 valence electrons. The van der Waals surface area contributed by atoms with Crippen molar-refractivity contribution in [2.24, 2.45) is 9.98 Å². The fourth-order valence-corrected chi connectivity index (χ4v) is 13.3. The molecule has 9 rings (SSSR count). The van der Waals surface area contributed by atoms with E-state index in [4.69, 9.17) is 43.6 Å². The summed E-state index contributed by atoms with van der Waals surface area (Å²) in [6.07, 6.45) is 6.44. The van der Waals surface area contributed by atoms with E-state index in [1.807, 2.05) is 6.21 Å². The summed E-state index contributed by atoms with van der Waals surface area (Å²) in [6, 6.07) is 60.8. The normalized spacial score (nSPS) is 15.3. The van der Waals surface area contributed by atoms with Gasteiger partial charge in [0.25, 0.3) is 0 Å². The van der Waals surface area contributed by atoms with Crippen LogP contribution in [-0.4, -0.2) is 18.2 Å². The molecule has 1 heterocycles. The van der Waals surface area contributed by atoms with Crippen LogP contribution in [0, 0.1) is 20.8 Å². The Hall–Kier alpha value is -4.57. The Labute approximate surface area is 380 Å². The van der Waals surface area contributed by atoms with Crippen molar-refractivity contribution in [1.29, 1.82) is 0 Å². The third kappa shape index (κ3) is 8.89. The van der Waals surface area contributed by atoms with Crippen LogP contribution in [0.25, 0.3) is 17.0 Å². The van der Waals surface area contributed by atoms with Crippen molar-refractivity contribution in [2.75, 3.05) is 6.26 Å². The molecule has 0 amide bonds. The van der Waals surface area contributed by atoms with Crippen molar-refractivity contribution >= 4 is 93.1 Å². The SMILES string of the molecule is CSc1ccccc1O[PH](c1ccccc1)(c1ccccc1)c1cccc(=C2N=CC(c3c(C)cc(C)cc3C)=N2)c1=C1C=C(c2ccccc2)c2ccccc21.[Cl][Ru]([Cl])[Cl]. The second-order valence-electron chi connectivity index (χ2n) is 14.8. The monoisotopic (exact) mass is 981 g/mol. The van der Waals surface area contributed by atoms with E-state index in [1.54, 1.807) is 11.8 Å². The minimum absolute atomic E-state index is 0.696. The Kier molecular flexibility index (Phi) is 13.6. The van der Waals surface area contributed by atoms with Crippen LogP contribution >= 0.6 is 48.3 Å². The number of aryl methyl sites for hydroxylation is 3. The molecule has 9 heteroatoms. The van der Waals surface area contributed by atoms with Crippen molar-refractivity contribution in [3.63, 3.8) is 0 Å². The van der Waals surface area contributed by atoms with E-state index in [2.05, 4.69) is 203 Å². The van der Waals surface area contributed by atoms with Crippen LogP contribution in [0.2, 0.25) is 0 Å². The van der Waals surface area contributed by atoms with Gasteiger partial charge in [-0.25, -0.2) is 0 Å². The van der Waals surface area contributed by atoms with Crippen LogP contribution in [0.15, 0.2) is 191 Å². The number of allylic oxidation sites excluding steroid dienone is 1. The number of rotatable bonds is 8. The first-order valence-corrected chi connectivity index (χ1v) is 29.6. The molecule has 0 radical (unpaired) electrons. The zero-order chi connectivity index (χ0) is 42.5. The van der Waals surface area contributed by atoms with Crippen LogP contribution in [0.1, 0.15) is 38.9 Å². The molecule has 7 aromatic rings. The first-order valence-electron chi connectivity index (χ1n) is 19.8. The number of aliphatic imine (C=N–C) groups is 2. The molecule has 0 atom stereocenters. The number of thioether (sulfide) groups is 1. The summed E-state index contributed by atoms with van der Waals surface area (Å²) < 4.78 is 7.83. The molecule has 0 aromatic heterocycles. The minimum atomic E-state index is -3.41. The van der Waals surface area contributed by atoms with Gasteiger partial charge in [0.2, 0.25) is 0 Å². The van der Waals surface area contributed by atoms with Gasteiger partial charge in [-0.15, -0.1) is 0 Å². The molecule has 0 saturated carbocycles. The third-order valence-electron chi connectivity index (χ3n) is 11.0. The number of benzene rings is 7. The number of fused-ring (bicyclic) bond motifs is 1. The fourth-order valence-electron chi connectivity index (χ4n) is 8.63. The molecule has 61 heavy (non-hydrogen) atoms. The van der Waals surface area contributed by atoms with E-state index in [-0.39, 0.29) is 0 Å². The zero-order valence-electron chi connectivity index (χ0n) is 34.0. The molecular weight excluding hydrogens is 939 g/mol. The molecule has 1 aliphatic heterocycles. The van der Waals surface area contributed by atoms with Gasteiger partial charge in [0, 0.05) is 0 Å². The maximum absolute atomic E-state index is 7.83. The molecule has 7 aromatic carbocycles. The van der Waals surface area contributed by atoms with Gasteiger partial charge in [-0.05, 0) is 0 Å². The molecule has 1 aliphatic carbocycles. The number of hydrogen-bond acceptors (Lipinski definition) is 4. The molecule has 2 aliphatic rings. The summed E-state index contributed by atoms with van der Waals surface area (Å²) in [4.78, 5) is 11.6. The number of nitrogens with zero attached hydrogens (tertiary/aromatic N) is 2. The molecule has 3 nitrogen and oxygen atoms in total. The Morgan fingerprint density at radius 2 is 1.18 bits per heavy atom. The average Bonchev–Trinajstić information content (AvgIpc) is 3.92. The summed E-state index contributed by atoms with van der Waals surface area (Å²) in [6.45, 7) is 6.48. The van der Waals surface area contributed by atoms with E-state index in [0.29, 0.717) is 5.82 Å². The first-order chi connectivity index (χ1) is 29.7. The molecule has 0 spiro atoms. The van der Waals surface area contributed by atoms with Gasteiger partial charge in [0.15, 0.2) is 0 Å². The van der Waals surface area contributed by atoms with Gasteiger partial charge in [-0.3, -0.25) is 0 Å². The second-order valence-corrected chi connectivity index (χ2v) is 26.8. The topological polar surface area (TPSA) is 34.0 Å². The predicted octanol–water partition coefficient (Wildman–Crippen LogP) is 11.7. The van der Waals surface area contributed by atoms with E-state index in [0.717, 1.165) is 53.8 Å². The molecular formula is C52H43Cl3N2OPRuS. The molecule has 0 unspecified atom stereocenters. The van der Waals surface area contributed by atoms with E-state index >= 15 is 0 Å². The van der Waals surface area contributed by atoms with Crippen LogP contribution in [-0.2, 0) is 13.0 Å². The molecule has 0 N–H and O–H groups in total. The Morgan fingerprint density at radius 1 is 0.623 bits per heavy atom. The second kappa shape index (κ2) is 19.2. The summed E-state index contributed by atoms with van der Waals surface area (Å²) in [5, 5.41) is 5.51. The van der Waals surface area contributed by atoms with Gasteiger partial charge >= 0.3 is 384 Å². The van der Waals surface area contributed by atoms with E-state index in [1.165, 1.54) is 39.0 Å². The summed E-state index contributed by atoms with van der Waals surface area (Å²) in [5.41, 5.74) is 11.5. The summed E-state index contributed by atoms with van der Waals surface area (Å²) in [7, 11) is 11.4. The van der Waals surface area contributed by atoms with Crippen molar-refractivity contribution < 1.29 is 17.5 Å². The van der Waals surface area contributed by atoms with Crippen molar-refractivity contribution in [3.05, 3.63) is 225 Å². The summed E-state index contributed by atoms with van der Waals surface area (Å²) >= 11 is -0.0473. The maximum atomic E-state index is 7.83. The van der Waals surface area contributed by atoms with E-state index < -0.39 is 20.5 Å². The van der Waals surface area contributed by atoms with Crippen molar-refractivity contribution in [3.8, 4) is 5.75 Å². The average molecular weight is 982 g/mol. The Balaban J connectivity index is 0.00000123. The van der Waals surface area contributed by atoms with Gasteiger partial charge < -0.3 is 0 Å². The van der Waals surface area contributed by atoms with Gasteiger partial charge in [-0.1, -0.05) is 0 Å². The quantitative estimate of drug-likeness (QED) is 0.0864. The predicted molar refractivity (Wildman–Crippen MR) is 264 cm³/mol. The van der Waals surface area contributed by atoms with Gasteiger partial charge in [0.05, 0.1) is 0 Å². The van der Waals surface area contributed by atoms with Gasteiger partial charge in [0.1, 0.15) is 0 Å². The number of halogens is 3. The van der Waals surface area contributed by atoms with Crippen molar-refractivity contribution in [2.45, 2.75) is 25.7 Å². The molecule has 0 bridgehead atoms. The van der Waals surface area contributed by atoms with E-state index in [9.17, 15) is 0 Å². The van der Waals surface area contributed by atoms with Crippen LogP contribution in [0.3, 0.4) is 0 Å². The van der Waals surface area contributed by atoms with Crippen LogP contribution < -0.4 is 30.9 Å². The number of para-hydroxylation sites is 1. The Morgan fingerprint density at radius 3 is 1.80 bits per heavy atom. The third-order valence-corrected chi connectivity index (χ3v) is 15.8. The standard InChI is InChI=1S/C52H43N2OPS.3ClH.Ru/c1-35-31-36(2)50(37(3)32-35)46-34-53-52(54-46)43-27-18-29-48(51(43)45-33-44(38-19-8-5-9-20-38)41-25-14-15-26-42(41)45)56(39-21-10-6-11-22-39,40-23-12-7-13-24-40)55-47-28-16-17-30-49(47)57-4;;;;/h5-34,56H,1-4H3;3*1H;/q;;;;+3/p-3. The Bertz CT molecular complexity index is 2890.